The number of carbonyl (C=O) groups is 2. The number of hydrogen-bond donors (Lipinski definition) is 2. The number of carbonyl (C=O) groups excluding carboxylic acids is 2. The Labute approximate surface area is 206 Å². The summed E-state index contributed by atoms with van der Waals surface area (Å²) in [4.78, 5) is 25.1. The minimum absolute atomic E-state index is 0.193. The maximum atomic E-state index is 13.1. The minimum Gasteiger partial charge on any atom is -0.488 e. The Hall–Kier alpha value is -3.52. The Balaban J connectivity index is 1.61. The Morgan fingerprint density at radius 2 is 1.71 bits per heavy atom. The quantitative estimate of drug-likeness (QED) is 0.302. The first-order valence-electron chi connectivity index (χ1n) is 10.7. The first-order valence-corrected chi connectivity index (χ1v) is 11.5. The summed E-state index contributed by atoms with van der Waals surface area (Å²) in [6.07, 6.45) is 1.49. The van der Waals surface area contributed by atoms with E-state index in [-0.39, 0.29) is 11.5 Å². The molecule has 3 aromatic carbocycles. The van der Waals surface area contributed by atoms with Crippen LogP contribution in [0.5, 0.6) is 5.75 Å². The second-order valence-corrected chi connectivity index (χ2v) is 8.80. The van der Waals surface area contributed by atoms with E-state index >= 15 is 0 Å². The molecule has 2 amide bonds. The summed E-state index contributed by atoms with van der Waals surface area (Å²) in [7, 11) is 0. The van der Waals surface area contributed by atoms with E-state index in [0.29, 0.717) is 17.9 Å². The number of ether oxygens (including phenoxy) is 1. The molecule has 0 aliphatic rings. The monoisotopic (exact) mass is 525 g/mol. The van der Waals surface area contributed by atoms with Gasteiger partial charge in [0.2, 0.25) is 0 Å². The van der Waals surface area contributed by atoms with Crippen molar-refractivity contribution in [3.63, 3.8) is 0 Å². The fraction of sp³-hybridized carbons (Fsp3) is 0.192. The fourth-order valence-electron chi connectivity index (χ4n) is 3.06. The van der Waals surface area contributed by atoms with Crippen molar-refractivity contribution in [1.29, 1.82) is 0 Å². The van der Waals surface area contributed by atoms with Gasteiger partial charge < -0.3 is 10.1 Å². The number of rotatable bonds is 9. The van der Waals surface area contributed by atoms with Crippen LogP contribution in [0.15, 0.2) is 82.4 Å². The largest absolute Gasteiger partial charge is 0.488 e. The van der Waals surface area contributed by atoms with Crippen LogP contribution in [0, 0.1) is 11.7 Å². The smallest absolute Gasteiger partial charge is 0.262 e. The lowest BCUT2D eigenvalue weighted by Gasteiger charge is -2.20. The van der Waals surface area contributed by atoms with Crippen LogP contribution in [0.3, 0.4) is 0 Å². The van der Waals surface area contributed by atoms with Gasteiger partial charge in [0.25, 0.3) is 11.8 Å². The van der Waals surface area contributed by atoms with E-state index in [1.54, 1.807) is 0 Å². The zero-order valence-corrected chi connectivity index (χ0v) is 20.4. The van der Waals surface area contributed by atoms with Crippen LogP contribution >= 0.6 is 15.9 Å². The standard InChI is InChI=1S/C26H25BrFN3O3/c1-17(2)24(30-25(32)19-9-13-22(28)14-10-19)26(33)31-29-15-20-5-3-4-6-23(20)34-16-18-7-11-21(27)12-8-18/h3-15,17,24H,16H2,1-2H3,(H,30,32)(H,31,33). The van der Waals surface area contributed by atoms with Gasteiger partial charge in [0.05, 0.1) is 6.21 Å². The number of nitrogens with zero attached hydrogens (tertiary/aromatic N) is 1. The maximum absolute atomic E-state index is 13.1. The Bertz CT molecular complexity index is 1150. The van der Waals surface area contributed by atoms with Crippen molar-refractivity contribution in [3.8, 4) is 5.75 Å². The highest BCUT2D eigenvalue weighted by atomic mass is 79.9. The van der Waals surface area contributed by atoms with Gasteiger partial charge >= 0.3 is 0 Å². The highest BCUT2D eigenvalue weighted by Crippen LogP contribution is 2.18. The van der Waals surface area contributed by atoms with Crippen molar-refractivity contribution in [3.05, 3.63) is 99.8 Å². The van der Waals surface area contributed by atoms with Gasteiger partial charge in [0.15, 0.2) is 0 Å². The molecule has 0 bridgehead atoms. The molecule has 1 atom stereocenters. The second-order valence-electron chi connectivity index (χ2n) is 7.89. The predicted molar refractivity (Wildman–Crippen MR) is 133 cm³/mol. The van der Waals surface area contributed by atoms with Gasteiger partial charge in [-0.1, -0.05) is 54.0 Å². The molecule has 0 aliphatic heterocycles. The summed E-state index contributed by atoms with van der Waals surface area (Å²) in [5.74, 6) is -0.945. The molecular formula is C26H25BrFN3O3. The molecule has 2 N–H and O–H groups in total. The molecule has 0 heterocycles. The maximum Gasteiger partial charge on any atom is 0.262 e. The van der Waals surface area contributed by atoms with Crippen LogP contribution < -0.4 is 15.5 Å². The summed E-state index contributed by atoms with van der Waals surface area (Å²) < 4.78 is 20.0. The third kappa shape index (κ3) is 7.25. The number of nitrogens with one attached hydrogen (secondary N) is 2. The third-order valence-electron chi connectivity index (χ3n) is 4.95. The molecule has 0 aliphatic carbocycles. The van der Waals surface area contributed by atoms with Gasteiger partial charge in [-0.15, -0.1) is 0 Å². The predicted octanol–water partition coefficient (Wildman–Crippen LogP) is 5.07. The normalized spacial score (nSPS) is 11.9. The third-order valence-corrected chi connectivity index (χ3v) is 5.48. The molecule has 34 heavy (non-hydrogen) atoms. The summed E-state index contributed by atoms with van der Waals surface area (Å²) in [5.41, 5.74) is 4.45. The zero-order valence-electron chi connectivity index (χ0n) is 18.8. The number of halogens is 2. The molecule has 0 fully saturated rings. The number of amides is 2. The minimum atomic E-state index is -0.821. The highest BCUT2D eigenvalue weighted by Gasteiger charge is 2.24. The first kappa shape index (κ1) is 25.1. The van der Waals surface area contributed by atoms with E-state index in [2.05, 4.69) is 31.8 Å². The van der Waals surface area contributed by atoms with Gasteiger partial charge in [-0.3, -0.25) is 9.59 Å². The number of hydrazone groups is 1. The van der Waals surface area contributed by atoms with E-state index in [1.807, 2.05) is 62.4 Å². The van der Waals surface area contributed by atoms with Crippen molar-refractivity contribution in [2.45, 2.75) is 26.5 Å². The van der Waals surface area contributed by atoms with E-state index in [1.165, 1.54) is 30.5 Å². The lowest BCUT2D eigenvalue weighted by molar-refractivity contribution is -0.123. The van der Waals surface area contributed by atoms with E-state index in [4.69, 9.17) is 4.74 Å². The lowest BCUT2D eigenvalue weighted by atomic mass is 10.0. The van der Waals surface area contributed by atoms with Gasteiger partial charge in [-0.2, -0.15) is 5.10 Å². The Morgan fingerprint density at radius 1 is 1.03 bits per heavy atom. The average Bonchev–Trinajstić information content (AvgIpc) is 2.83. The summed E-state index contributed by atoms with van der Waals surface area (Å²) in [6, 6.07) is 19.5. The second kappa shape index (κ2) is 12.1. The average molecular weight is 526 g/mol. The highest BCUT2D eigenvalue weighted by molar-refractivity contribution is 9.10. The van der Waals surface area contributed by atoms with Crippen LogP contribution in [0.25, 0.3) is 0 Å². The van der Waals surface area contributed by atoms with Crippen LogP contribution in [-0.2, 0) is 11.4 Å². The topological polar surface area (TPSA) is 79.8 Å². The van der Waals surface area contributed by atoms with Gasteiger partial charge in [-0.05, 0) is 60.0 Å². The molecule has 0 saturated heterocycles. The SMILES string of the molecule is CC(C)C(NC(=O)c1ccc(F)cc1)C(=O)NN=Cc1ccccc1OCc1ccc(Br)cc1. The van der Waals surface area contributed by atoms with Crippen molar-refractivity contribution in [2.75, 3.05) is 0 Å². The van der Waals surface area contributed by atoms with Crippen LogP contribution in [0.2, 0.25) is 0 Å². The van der Waals surface area contributed by atoms with E-state index in [9.17, 15) is 14.0 Å². The molecule has 176 valence electrons. The molecule has 8 heteroatoms. The fourth-order valence-corrected chi connectivity index (χ4v) is 3.32. The van der Waals surface area contributed by atoms with Crippen LogP contribution in [0.1, 0.15) is 35.3 Å². The molecule has 3 aromatic rings. The molecule has 6 nitrogen and oxygen atoms in total. The van der Waals surface area contributed by atoms with Crippen LogP contribution in [-0.4, -0.2) is 24.1 Å². The zero-order chi connectivity index (χ0) is 24.5. The number of hydrogen-bond acceptors (Lipinski definition) is 4. The summed E-state index contributed by atoms with van der Waals surface area (Å²) in [5, 5.41) is 6.73. The molecule has 3 rings (SSSR count). The van der Waals surface area contributed by atoms with Gasteiger partial charge in [0.1, 0.15) is 24.2 Å². The number of para-hydroxylation sites is 1. The lowest BCUT2D eigenvalue weighted by Crippen LogP contribution is -2.48. The van der Waals surface area contributed by atoms with Crippen molar-refractivity contribution in [2.24, 2.45) is 11.0 Å². The first-order chi connectivity index (χ1) is 16.3. The summed E-state index contributed by atoms with van der Waals surface area (Å²) in [6.45, 7) is 4.00. The van der Waals surface area contributed by atoms with Crippen LogP contribution in [0.4, 0.5) is 4.39 Å². The van der Waals surface area contributed by atoms with Gasteiger partial charge in [-0.25, -0.2) is 9.82 Å². The molecule has 1 unspecified atom stereocenters. The molecule has 0 aromatic heterocycles. The van der Waals surface area contributed by atoms with Crippen molar-refractivity contribution >= 4 is 34.0 Å². The Morgan fingerprint density at radius 3 is 2.38 bits per heavy atom. The molecule has 0 saturated carbocycles. The van der Waals surface area contributed by atoms with E-state index in [0.717, 1.165) is 10.0 Å². The Kier molecular flexibility index (Phi) is 8.93. The number of benzene rings is 3. The van der Waals surface area contributed by atoms with Crippen molar-refractivity contribution < 1.29 is 18.7 Å². The van der Waals surface area contributed by atoms with Gasteiger partial charge in [0, 0.05) is 15.6 Å². The van der Waals surface area contributed by atoms with Crippen molar-refractivity contribution in [1.82, 2.24) is 10.7 Å². The molecule has 0 radical (unpaired) electrons. The summed E-state index contributed by atoms with van der Waals surface area (Å²) >= 11 is 3.41. The molecular weight excluding hydrogens is 501 g/mol. The van der Waals surface area contributed by atoms with E-state index < -0.39 is 23.7 Å². The molecule has 0 spiro atoms.